The second-order valence-corrected chi connectivity index (χ2v) is 12.3. The SMILES string of the molecule is C[C@@H]1CN([C@@H](C)C(=O)O)C(=O)c2cccc(NS(=O)(=O)c3ccccc3)c2O[C@@H]1CN(C)C(=O)Nc1ccc(C(F)(F)F)cc1. The van der Waals surface area contributed by atoms with Crippen LogP contribution in [0, 0.1) is 5.92 Å². The average molecular weight is 649 g/mol. The molecule has 0 aromatic heterocycles. The van der Waals surface area contributed by atoms with Crippen molar-refractivity contribution in [1.29, 1.82) is 0 Å². The molecule has 11 nitrogen and oxygen atoms in total. The molecule has 0 spiro atoms. The zero-order valence-corrected chi connectivity index (χ0v) is 25.2. The van der Waals surface area contributed by atoms with Crippen LogP contribution < -0.4 is 14.8 Å². The molecule has 45 heavy (non-hydrogen) atoms. The Bertz CT molecular complexity index is 1670. The molecule has 0 saturated heterocycles. The van der Waals surface area contributed by atoms with E-state index in [1.54, 1.807) is 25.1 Å². The van der Waals surface area contributed by atoms with Gasteiger partial charge >= 0.3 is 18.2 Å². The third kappa shape index (κ3) is 7.66. The Balaban J connectivity index is 1.66. The van der Waals surface area contributed by atoms with Crippen LogP contribution in [0.2, 0.25) is 0 Å². The van der Waals surface area contributed by atoms with E-state index in [1.165, 1.54) is 49.2 Å². The quantitative estimate of drug-likeness (QED) is 0.312. The van der Waals surface area contributed by atoms with E-state index in [9.17, 15) is 41.1 Å². The normalized spacial score (nSPS) is 17.6. The van der Waals surface area contributed by atoms with Crippen molar-refractivity contribution in [2.24, 2.45) is 5.92 Å². The highest BCUT2D eigenvalue weighted by Gasteiger charge is 2.37. The number of aliphatic carboxylic acids is 1. The van der Waals surface area contributed by atoms with Gasteiger partial charge in [0.1, 0.15) is 12.1 Å². The van der Waals surface area contributed by atoms with Crippen LogP contribution in [0.5, 0.6) is 5.75 Å². The van der Waals surface area contributed by atoms with Crippen molar-refractivity contribution in [1.82, 2.24) is 9.80 Å². The van der Waals surface area contributed by atoms with Gasteiger partial charge in [0.05, 0.1) is 28.3 Å². The number of para-hydroxylation sites is 1. The lowest BCUT2D eigenvalue weighted by Gasteiger charge is -2.38. The second kappa shape index (κ2) is 13.1. The third-order valence-electron chi connectivity index (χ3n) is 7.28. The number of carboxylic acids is 1. The molecule has 15 heteroatoms. The van der Waals surface area contributed by atoms with E-state index in [1.807, 2.05) is 0 Å². The molecule has 0 bridgehead atoms. The zero-order chi connectivity index (χ0) is 33.1. The Morgan fingerprint density at radius 2 is 1.71 bits per heavy atom. The molecule has 0 fully saturated rings. The lowest BCUT2D eigenvalue weighted by atomic mass is 9.99. The summed E-state index contributed by atoms with van der Waals surface area (Å²) in [6.07, 6.45) is -5.44. The number of halogens is 3. The molecule has 1 aliphatic rings. The Morgan fingerprint density at radius 3 is 2.31 bits per heavy atom. The van der Waals surface area contributed by atoms with Crippen LogP contribution in [-0.4, -0.2) is 73.5 Å². The maximum absolute atomic E-state index is 13.7. The van der Waals surface area contributed by atoms with Gasteiger partial charge in [0.25, 0.3) is 15.9 Å². The van der Waals surface area contributed by atoms with Crippen molar-refractivity contribution in [3.05, 3.63) is 83.9 Å². The smallest absolute Gasteiger partial charge is 0.416 e. The van der Waals surface area contributed by atoms with Crippen LogP contribution in [-0.2, 0) is 21.0 Å². The molecular weight excluding hydrogens is 617 g/mol. The number of sulfonamides is 1. The fourth-order valence-corrected chi connectivity index (χ4v) is 5.73. The molecular formula is C30H31F3N4O7S. The average Bonchev–Trinajstić information content (AvgIpc) is 2.98. The minimum Gasteiger partial charge on any atom is -0.485 e. The number of nitrogens with zero attached hydrogens (tertiary/aromatic N) is 2. The Labute approximate surface area is 257 Å². The van der Waals surface area contributed by atoms with Gasteiger partial charge in [0.2, 0.25) is 0 Å². The third-order valence-corrected chi connectivity index (χ3v) is 8.66. The first-order valence-electron chi connectivity index (χ1n) is 13.7. The number of ether oxygens (including phenoxy) is 1. The first-order chi connectivity index (χ1) is 21.1. The number of alkyl halides is 3. The maximum atomic E-state index is 13.7. The van der Waals surface area contributed by atoms with Gasteiger partial charge in [-0.15, -0.1) is 0 Å². The van der Waals surface area contributed by atoms with E-state index >= 15 is 0 Å². The summed E-state index contributed by atoms with van der Waals surface area (Å²) >= 11 is 0. The largest absolute Gasteiger partial charge is 0.485 e. The van der Waals surface area contributed by atoms with Gasteiger partial charge in [-0.3, -0.25) is 9.52 Å². The van der Waals surface area contributed by atoms with Gasteiger partial charge in [-0.25, -0.2) is 18.0 Å². The number of urea groups is 1. The fourth-order valence-electron chi connectivity index (χ4n) is 4.65. The van der Waals surface area contributed by atoms with Gasteiger partial charge in [-0.05, 0) is 55.5 Å². The number of carbonyl (C=O) groups is 3. The second-order valence-electron chi connectivity index (χ2n) is 10.6. The number of anilines is 2. The highest BCUT2D eigenvalue weighted by Crippen LogP contribution is 2.36. The minimum atomic E-state index is -4.54. The molecule has 3 amide bonds. The molecule has 1 aliphatic heterocycles. The molecule has 0 unspecified atom stereocenters. The number of hydrogen-bond acceptors (Lipinski definition) is 6. The van der Waals surface area contributed by atoms with E-state index < -0.39 is 57.7 Å². The summed E-state index contributed by atoms with van der Waals surface area (Å²) in [6.45, 7) is 2.82. The number of benzene rings is 3. The van der Waals surface area contributed by atoms with Crippen molar-refractivity contribution in [2.75, 3.05) is 30.2 Å². The summed E-state index contributed by atoms with van der Waals surface area (Å²) in [5, 5.41) is 12.2. The van der Waals surface area contributed by atoms with Crippen molar-refractivity contribution in [3.8, 4) is 5.75 Å². The Kier molecular flexibility index (Phi) is 9.61. The predicted molar refractivity (Wildman–Crippen MR) is 158 cm³/mol. The number of likely N-dealkylation sites (N-methyl/N-ethyl adjacent to an activating group) is 1. The zero-order valence-electron chi connectivity index (χ0n) is 24.4. The van der Waals surface area contributed by atoms with E-state index in [0.29, 0.717) is 0 Å². The van der Waals surface area contributed by atoms with Gasteiger partial charge in [-0.2, -0.15) is 13.2 Å². The number of carbonyl (C=O) groups excluding carboxylic acids is 2. The van der Waals surface area contributed by atoms with Crippen LogP contribution in [0.3, 0.4) is 0 Å². The summed E-state index contributed by atoms with van der Waals surface area (Å²) in [7, 11) is -2.72. The summed E-state index contributed by atoms with van der Waals surface area (Å²) in [6, 6.07) is 13.6. The highest BCUT2D eigenvalue weighted by atomic mass is 32.2. The monoisotopic (exact) mass is 648 g/mol. The Hall–Kier alpha value is -4.79. The van der Waals surface area contributed by atoms with Gasteiger partial charge < -0.3 is 25.0 Å². The fraction of sp³-hybridized carbons (Fsp3) is 0.300. The predicted octanol–water partition coefficient (Wildman–Crippen LogP) is 4.98. The first kappa shape index (κ1) is 33.1. The molecule has 240 valence electrons. The summed E-state index contributed by atoms with van der Waals surface area (Å²) in [4.78, 5) is 40.9. The molecule has 3 N–H and O–H groups in total. The van der Waals surface area contributed by atoms with Crippen molar-refractivity contribution in [2.45, 2.75) is 37.1 Å². The highest BCUT2D eigenvalue weighted by molar-refractivity contribution is 7.92. The van der Waals surface area contributed by atoms with Crippen LogP contribution in [0.25, 0.3) is 0 Å². The van der Waals surface area contributed by atoms with Gasteiger partial charge in [0, 0.05) is 25.2 Å². The van der Waals surface area contributed by atoms with E-state index in [2.05, 4.69) is 10.0 Å². The number of carboxylic acid groups (broad SMARTS) is 1. The maximum Gasteiger partial charge on any atom is 0.416 e. The molecule has 3 aromatic carbocycles. The number of amides is 3. The molecule has 3 atom stereocenters. The van der Waals surface area contributed by atoms with Crippen LogP contribution in [0.1, 0.15) is 29.8 Å². The summed E-state index contributed by atoms with van der Waals surface area (Å²) in [5.41, 5.74) is -0.937. The first-order valence-corrected chi connectivity index (χ1v) is 15.2. The van der Waals surface area contributed by atoms with E-state index in [-0.39, 0.29) is 40.7 Å². The summed E-state index contributed by atoms with van der Waals surface area (Å²) in [5.74, 6) is -2.69. The van der Waals surface area contributed by atoms with E-state index in [0.717, 1.165) is 29.2 Å². The molecule has 4 rings (SSSR count). The summed E-state index contributed by atoms with van der Waals surface area (Å²) < 4.78 is 73.9. The number of hydrogen-bond donors (Lipinski definition) is 3. The van der Waals surface area contributed by atoms with Crippen molar-refractivity contribution in [3.63, 3.8) is 0 Å². The molecule has 0 radical (unpaired) electrons. The van der Waals surface area contributed by atoms with Crippen LogP contribution in [0.15, 0.2) is 77.7 Å². The standard InChI is InChI=1S/C30H31F3N4O7S/c1-18-16-37(19(2)28(39)40)27(38)23-10-7-11-24(35-45(42,43)22-8-5-4-6-9-22)26(23)44-25(18)17-36(3)29(41)34-21-14-12-20(13-15-21)30(31,32)33/h4-15,18-19,25,35H,16-17H2,1-3H3,(H,34,41)(H,39,40)/t18-,19+,25-/m1/s1. The molecule has 3 aromatic rings. The number of nitrogens with one attached hydrogen (secondary N) is 2. The molecule has 1 heterocycles. The topological polar surface area (TPSA) is 145 Å². The van der Waals surface area contributed by atoms with Gasteiger partial charge in [-0.1, -0.05) is 31.2 Å². The van der Waals surface area contributed by atoms with Gasteiger partial charge in [0.15, 0.2) is 5.75 Å². The minimum absolute atomic E-state index is 0.0505. The lowest BCUT2D eigenvalue weighted by molar-refractivity contribution is -0.142. The van der Waals surface area contributed by atoms with Crippen LogP contribution >= 0.6 is 0 Å². The van der Waals surface area contributed by atoms with Crippen LogP contribution in [0.4, 0.5) is 29.3 Å². The number of fused-ring (bicyclic) bond motifs is 1. The lowest BCUT2D eigenvalue weighted by Crippen LogP contribution is -2.51. The number of rotatable bonds is 8. The van der Waals surface area contributed by atoms with Crippen molar-refractivity contribution >= 4 is 39.3 Å². The molecule has 0 aliphatic carbocycles. The molecule has 0 saturated carbocycles. The Morgan fingerprint density at radius 1 is 1.07 bits per heavy atom. The van der Waals surface area contributed by atoms with E-state index in [4.69, 9.17) is 4.74 Å². The van der Waals surface area contributed by atoms with Crippen molar-refractivity contribution < 1.29 is 45.8 Å².